The van der Waals surface area contributed by atoms with Gasteiger partial charge in [0.15, 0.2) is 0 Å². The Labute approximate surface area is 160 Å². The van der Waals surface area contributed by atoms with Crippen LogP contribution in [0.3, 0.4) is 0 Å². The van der Waals surface area contributed by atoms with Crippen LogP contribution >= 0.6 is 0 Å². The quantitative estimate of drug-likeness (QED) is 0.401. The molecule has 0 bridgehead atoms. The van der Waals surface area contributed by atoms with Gasteiger partial charge in [0, 0.05) is 36.0 Å². The van der Waals surface area contributed by atoms with Gasteiger partial charge in [-0.3, -0.25) is 4.98 Å². The number of nitrogens with zero attached hydrogens (tertiary/aromatic N) is 1. The number of carbonyl (C=O) groups excluding carboxylic acids is 1. The van der Waals surface area contributed by atoms with Gasteiger partial charge in [-0.15, -0.1) is 0 Å². The van der Waals surface area contributed by atoms with Gasteiger partial charge in [0.05, 0.1) is 13.2 Å². The summed E-state index contributed by atoms with van der Waals surface area (Å²) in [6.07, 6.45) is 9.37. The number of carbonyl (C=O) groups is 1. The number of hydrogen-bond acceptors (Lipinski definition) is 5. The molecule has 142 valence electrons. The van der Waals surface area contributed by atoms with Crippen molar-refractivity contribution < 1.29 is 19.0 Å². The van der Waals surface area contributed by atoms with E-state index in [0.29, 0.717) is 13.2 Å². The highest BCUT2D eigenvalue weighted by molar-refractivity contribution is 5.87. The lowest BCUT2D eigenvalue weighted by Gasteiger charge is -2.10. The van der Waals surface area contributed by atoms with Crippen molar-refractivity contribution in [3.05, 3.63) is 59.4 Å². The summed E-state index contributed by atoms with van der Waals surface area (Å²) in [6, 6.07) is 7.85. The molecule has 0 fully saturated rings. The third-order valence-corrected chi connectivity index (χ3v) is 4.30. The molecule has 1 atom stereocenters. The fraction of sp³-hybridized carbons (Fsp3) is 0.364. The van der Waals surface area contributed by atoms with Gasteiger partial charge in [-0.25, -0.2) is 4.79 Å². The van der Waals surface area contributed by atoms with E-state index in [1.54, 1.807) is 12.3 Å². The fourth-order valence-electron chi connectivity index (χ4n) is 3.07. The second kappa shape index (κ2) is 9.21. The van der Waals surface area contributed by atoms with Gasteiger partial charge in [0.25, 0.3) is 0 Å². The van der Waals surface area contributed by atoms with Crippen LogP contribution < -0.4 is 9.47 Å². The van der Waals surface area contributed by atoms with Gasteiger partial charge in [-0.1, -0.05) is 6.07 Å². The molecule has 5 nitrogen and oxygen atoms in total. The standard InChI is InChI=1S/C22H25NO4/c1-3-25-20-14-19-12-16(2)27-21(19)13-18(20)8-9-22(24)26-11-5-7-17-6-4-10-23-15-17/h4,6,8-10,13-16H,3,5,7,11-12H2,1-2H3/b9-8+. The Bertz CT molecular complexity index is 801. The number of aryl methyl sites for hydroxylation is 1. The van der Waals surface area contributed by atoms with E-state index < -0.39 is 0 Å². The number of benzene rings is 1. The number of rotatable bonds is 8. The lowest BCUT2D eigenvalue weighted by atomic mass is 10.1. The van der Waals surface area contributed by atoms with E-state index in [1.807, 2.05) is 44.3 Å². The summed E-state index contributed by atoms with van der Waals surface area (Å²) in [4.78, 5) is 16.1. The molecule has 27 heavy (non-hydrogen) atoms. The van der Waals surface area contributed by atoms with Crippen LogP contribution in [-0.4, -0.2) is 30.3 Å². The molecule has 1 aliphatic rings. The van der Waals surface area contributed by atoms with Gasteiger partial charge in [-0.2, -0.15) is 0 Å². The molecule has 0 aliphatic carbocycles. The molecule has 1 aromatic carbocycles. The number of pyridine rings is 1. The summed E-state index contributed by atoms with van der Waals surface area (Å²) in [6.45, 7) is 4.92. The molecule has 1 aliphatic heterocycles. The topological polar surface area (TPSA) is 57.7 Å². The number of fused-ring (bicyclic) bond motifs is 1. The first-order valence-corrected chi connectivity index (χ1v) is 9.36. The van der Waals surface area contributed by atoms with Crippen molar-refractivity contribution >= 4 is 12.0 Å². The highest BCUT2D eigenvalue weighted by atomic mass is 16.5. The molecule has 2 heterocycles. The Morgan fingerprint density at radius 1 is 1.41 bits per heavy atom. The van der Waals surface area contributed by atoms with Crippen LogP contribution in [0.4, 0.5) is 0 Å². The Morgan fingerprint density at radius 2 is 2.30 bits per heavy atom. The summed E-state index contributed by atoms with van der Waals surface area (Å²) in [5.74, 6) is 1.25. The molecule has 0 radical (unpaired) electrons. The molecule has 3 rings (SSSR count). The van der Waals surface area contributed by atoms with Crippen LogP contribution in [0.2, 0.25) is 0 Å². The van der Waals surface area contributed by atoms with Gasteiger partial charge < -0.3 is 14.2 Å². The van der Waals surface area contributed by atoms with E-state index >= 15 is 0 Å². The smallest absolute Gasteiger partial charge is 0.330 e. The van der Waals surface area contributed by atoms with Crippen LogP contribution in [0.5, 0.6) is 11.5 Å². The normalized spacial score (nSPS) is 15.4. The first-order chi connectivity index (χ1) is 13.2. The number of esters is 1. The van der Waals surface area contributed by atoms with E-state index in [2.05, 4.69) is 4.98 Å². The van der Waals surface area contributed by atoms with E-state index in [9.17, 15) is 4.79 Å². The van der Waals surface area contributed by atoms with Crippen LogP contribution in [0, 0.1) is 0 Å². The molecule has 1 aromatic heterocycles. The van der Waals surface area contributed by atoms with Crippen LogP contribution in [-0.2, 0) is 22.4 Å². The highest BCUT2D eigenvalue weighted by Gasteiger charge is 2.21. The minimum Gasteiger partial charge on any atom is -0.493 e. The van der Waals surface area contributed by atoms with Crippen molar-refractivity contribution in [3.63, 3.8) is 0 Å². The van der Waals surface area contributed by atoms with Crippen molar-refractivity contribution in [2.75, 3.05) is 13.2 Å². The van der Waals surface area contributed by atoms with Gasteiger partial charge in [0.2, 0.25) is 0 Å². The zero-order valence-electron chi connectivity index (χ0n) is 15.8. The molecular formula is C22H25NO4. The largest absolute Gasteiger partial charge is 0.493 e. The first-order valence-electron chi connectivity index (χ1n) is 9.36. The molecule has 5 heteroatoms. The molecular weight excluding hydrogens is 342 g/mol. The molecule has 0 saturated carbocycles. The third-order valence-electron chi connectivity index (χ3n) is 4.30. The molecule has 0 amide bonds. The lowest BCUT2D eigenvalue weighted by molar-refractivity contribution is -0.137. The summed E-state index contributed by atoms with van der Waals surface area (Å²) in [7, 11) is 0. The minimum atomic E-state index is -0.363. The first kappa shape index (κ1) is 19.0. The van der Waals surface area contributed by atoms with Crippen LogP contribution in [0.1, 0.15) is 37.0 Å². The van der Waals surface area contributed by atoms with Gasteiger partial charge >= 0.3 is 5.97 Å². The predicted octanol–water partition coefficient (Wildman–Crippen LogP) is 3.99. The zero-order valence-corrected chi connectivity index (χ0v) is 15.8. The van der Waals surface area contributed by atoms with E-state index in [4.69, 9.17) is 14.2 Å². The number of hydrogen-bond donors (Lipinski definition) is 0. The van der Waals surface area contributed by atoms with Gasteiger partial charge in [-0.05, 0) is 56.5 Å². The Hall–Kier alpha value is -2.82. The fourth-order valence-corrected chi connectivity index (χ4v) is 3.07. The Balaban J connectivity index is 1.55. The number of aromatic nitrogens is 1. The second-order valence-electron chi connectivity index (χ2n) is 6.53. The van der Waals surface area contributed by atoms with Crippen molar-refractivity contribution in [2.24, 2.45) is 0 Å². The van der Waals surface area contributed by atoms with Crippen LogP contribution in [0.25, 0.3) is 6.08 Å². The van der Waals surface area contributed by atoms with Crippen molar-refractivity contribution in [3.8, 4) is 11.5 Å². The maximum absolute atomic E-state index is 12.0. The third kappa shape index (κ3) is 5.33. The molecule has 0 saturated heterocycles. The summed E-state index contributed by atoms with van der Waals surface area (Å²) < 4.78 is 16.8. The highest BCUT2D eigenvalue weighted by Crippen LogP contribution is 2.35. The average molecular weight is 367 g/mol. The molecule has 0 N–H and O–H groups in total. The molecule has 0 spiro atoms. The van der Waals surface area contributed by atoms with E-state index in [0.717, 1.165) is 47.5 Å². The maximum Gasteiger partial charge on any atom is 0.330 e. The molecule has 1 unspecified atom stereocenters. The van der Waals surface area contributed by atoms with Crippen LogP contribution in [0.15, 0.2) is 42.7 Å². The zero-order chi connectivity index (χ0) is 19.1. The second-order valence-corrected chi connectivity index (χ2v) is 6.53. The Kier molecular flexibility index (Phi) is 6.47. The summed E-state index contributed by atoms with van der Waals surface area (Å²) in [5, 5.41) is 0. The lowest BCUT2D eigenvalue weighted by Crippen LogP contribution is -2.05. The van der Waals surface area contributed by atoms with Crippen molar-refractivity contribution in [1.29, 1.82) is 0 Å². The summed E-state index contributed by atoms with van der Waals surface area (Å²) in [5.41, 5.74) is 3.09. The maximum atomic E-state index is 12.0. The SMILES string of the molecule is CCOc1cc2c(cc1/C=C/C(=O)OCCCc1cccnc1)OC(C)C2. The van der Waals surface area contributed by atoms with Crippen molar-refractivity contribution in [1.82, 2.24) is 4.98 Å². The minimum absolute atomic E-state index is 0.165. The predicted molar refractivity (Wildman–Crippen MR) is 104 cm³/mol. The molecule has 2 aromatic rings. The Morgan fingerprint density at radius 3 is 3.07 bits per heavy atom. The van der Waals surface area contributed by atoms with E-state index in [-0.39, 0.29) is 12.1 Å². The monoisotopic (exact) mass is 367 g/mol. The average Bonchev–Trinajstić information content (AvgIpc) is 3.03. The van der Waals surface area contributed by atoms with E-state index in [1.165, 1.54) is 6.08 Å². The van der Waals surface area contributed by atoms with Crippen molar-refractivity contribution in [2.45, 2.75) is 39.2 Å². The number of ether oxygens (including phenoxy) is 3. The summed E-state index contributed by atoms with van der Waals surface area (Å²) >= 11 is 0. The van der Waals surface area contributed by atoms with Gasteiger partial charge in [0.1, 0.15) is 17.6 Å².